The molecule has 192 valence electrons. The lowest BCUT2D eigenvalue weighted by Gasteiger charge is -2.36. The third kappa shape index (κ3) is 4.82. The fourth-order valence-electron chi connectivity index (χ4n) is 5.21. The van der Waals surface area contributed by atoms with Gasteiger partial charge in [-0.1, -0.05) is 25.1 Å². The van der Waals surface area contributed by atoms with Crippen LogP contribution in [0.1, 0.15) is 46.0 Å². The Morgan fingerprint density at radius 1 is 1.00 bits per heavy atom. The maximum Gasteiger partial charge on any atom is 0.293 e. The number of rotatable bonds is 7. The van der Waals surface area contributed by atoms with E-state index in [-0.39, 0.29) is 34.3 Å². The first kappa shape index (κ1) is 24.6. The summed E-state index contributed by atoms with van der Waals surface area (Å²) in [7, 11) is 0. The number of nitrogens with zero attached hydrogens (tertiary/aromatic N) is 5. The average Bonchev–Trinajstić information content (AvgIpc) is 3.14. The molecule has 37 heavy (non-hydrogen) atoms. The van der Waals surface area contributed by atoms with Crippen LogP contribution in [-0.2, 0) is 4.79 Å². The number of hydrogen-bond donors (Lipinski definition) is 1. The number of anilines is 1. The second kappa shape index (κ2) is 10.1. The lowest BCUT2D eigenvalue weighted by Crippen LogP contribution is -2.47. The maximum atomic E-state index is 12.5. The topological polar surface area (TPSA) is 128 Å². The van der Waals surface area contributed by atoms with E-state index in [1.165, 1.54) is 11.0 Å². The number of hydrazone groups is 1. The van der Waals surface area contributed by atoms with E-state index in [9.17, 15) is 24.5 Å². The quantitative estimate of drug-likeness (QED) is 0.348. The average molecular weight is 505 g/mol. The molecular formula is C26H28N6O5. The largest absolute Gasteiger partial charge is 0.363 e. The molecule has 11 nitrogen and oxygen atoms in total. The van der Waals surface area contributed by atoms with Crippen molar-refractivity contribution in [2.75, 3.05) is 44.2 Å². The van der Waals surface area contributed by atoms with Crippen molar-refractivity contribution in [3.63, 3.8) is 0 Å². The van der Waals surface area contributed by atoms with Crippen molar-refractivity contribution in [3.8, 4) is 0 Å². The third-order valence-corrected chi connectivity index (χ3v) is 7.17. The summed E-state index contributed by atoms with van der Waals surface area (Å²) in [5, 5.41) is 16.0. The maximum absolute atomic E-state index is 12.5. The van der Waals surface area contributed by atoms with E-state index >= 15 is 0 Å². The van der Waals surface area contributed by atoms with Crippen molar-refractivity contribution in [2.24, 2.45) is 11.0 Å². The Balaban J connectivity index is 1.18. The summed E-state index contributed by atoms with van der Waals surface area (Å²) in [6.07, 6.45) is 0.959. The van der Waals surface area contributed by atoms with Gasteiger partial charge in [-0.3, -0.25) is 34.3 Å². The summed E-state index contributed by atoms with van der Waals surface area (Å²) in [5.74, 6) is -0.763. The molecule has 3 aliphatic heterocycles. The van der Waals surface area contributed by atoms with Crippen molar-refractivity contribution < 1.29 is 19.3 Å². The predicted molar refractivity (Wildman–Crippen MR) is 137 cm³/mol. The van der Waals surface area contributed by atoms with Crippen LogP contribution in [-0.4, -0.2) is 77.4 Å². The molecule has 1 N–H and O–H groups in total. The minimum atomic E-state index is -0.375. The lowest BCUT2D eigenvalue weighted by molar-refractivity contribution is -0.384. The highest BCUT2D eigenvalue weighted by molar-refractivity contribution is 6.21. The smallest absolute Gasteiger partial charge is 0.293 e. The lowest BCUT2D eigenvalue weighted by atomic mass is 9.93. The molecule has 1 unspecified atom stereocenters. The summed E-state index contributed by atoms with van der Waals surface area (Å²) >= 11 is 0. The molecule has 1 atom stereocenters. The highest BCUT2D eigenvalue weighted by Crippen LogP contribution is 2.32. The van der Waals surface area contributed by atoms with Gasteiger partial charge in [0.1, 0.15) is 5.69 Å². The molecular weight excluding hydrogens is 476 g/mol. The molecule has 11 heteroatoms. The highest BCUT2D eigenvalue weighted by Gasteiger charge is 2.35. The predicted octanol–water partition coefficient (Wildman–Crippen LogP) is 2.26. The summed E-state index contributed by atoms with van der Waals surface area (Å²) in [6, 6.07) is 12.0. The van der Waals surface area contributed by atoms with Crippen LogP contribution in [0.25, 0.3) is 0 Å². The number of carbonyl (C=O) groups excluding carboxylic acids is 3. The number of nitrogens with one attached hydrogen (secondary N) is 1. The molecule has 0 bridgehead atoms. The van der Waals surface area contributed by atoms with Crippen molar-refractivity contribution in [2.45, 2.75) is 19.8 Å². The van der Waals surface area contributed by atoms with Crippen molar-refractivity contribution in [1.82, 2.24) is 15.2 Å². The van der Waals surface area contributed by atoms with E-state index in [0.29, 0.717) is 60.6 Å². The van der Waals surface area contributed by atoms with Gasteiger partial charge in [0.05, 0.1) is 21.8 Å². The van der Waals surface area contributed by atoms with Crippen LogP contribution >= 0.6 is 0 Å². The van der Waals surface area contributed by atoms with Crippen molar-refractivity contribution in [3.05, 3.63) is 69.3 Å². The molecule has 0 saturated carbocycles. The van der Waals surface area contributed by atoms with E-state index in [1.807, 2.05) is 17.9 Å². The number of carbonyl (C=O) groups is 3. The molecule has 1 saturated heterocycles. The number of hydrogen-bond acceptors (Lipinski definition) is 8. The van der Waals surface area contributed by atoms with Gasteiger partial charge in [-0.05, 0) is 31.2 Å². The van der Waals surface area contributed by atoms with Gasteiger partial charge >= 0.3 is 0 Å². The van der Waals surface area contributed by atoms with E-state index in [4.69, 9.17) is 0 Å². The second-order valence-corrected chi connectivity index (χ2v) is 9.59. The number of benzene rings is 2. The SMILES string of the molecule is CC1CC(=O)NN=C1c1ccc(N2CCN(CCCN3C(=O)c4ccccc4C3=O)CC2)c([N+](=O)[O-])c1. The normalized spacial score (nSPS) is 20.1. The fraction of sp³-hybridized carbons (Fsp3) is 0.385. The molecule has 0 spiro atoms. The molecule has 5 rings (SSSR count). The van der Waals surface area contributed by atoms with Crippen LogP contribution in [0.4, 0.5) is 11.4 Å². The van der Waals surface area contributed by atoms with Crippen LogP contribution in [0.2, 0.25) is 0 Å². The summed E-state index contributed by atoms with van der Waals surface area (Å²) in [5.41, 5.74) is 5.23. The van der Waals surface area contributed by atoms with Gasteiger partial charge in [0.15, 0.2) is 0 Å². The molecule has 3 amide bonds. The van der Waals surface area contributed by atoms with Gasteiger partial charge in [0.25, 0.3) is 17.5 Å². The Morgan fingerprint density at radius 3 is 2.30 bits per heavy atom. The molecule has 1 fully saturated rings. The number of nitro benzene ring substituents is 1. The molecule has 2 aromatic rings. The van der Waals surface area contributed by atoms with Crippen LogP contribution in [0.5, 0.6) is 0 Å². The highest BCUT2D eigenvalue weighted by atomic mass is 16.6. The van der Waals surface area contributed by atoms with E-state index < -0.39 is 0 Å². The zero-order valence-electron chi connectivity index (χ0n) is 20.6. The van der Waals surface area contributed by atoms with E-state index in [0.717, 1.165) is 19.6 Å². The minimum Gasteiger partial charge on any atom is -0.363 e. The third-order valence-electron chi connectivity index (χ3n) is 7.17. The van der Waals surface area contributed by atoms with E-state index in [1.54, 1.807) is 30.3 Å². The summed E-state index contributed by atoms with van der Waals surface area (Å²) < 4.78 is 0. The number of amides is 3. The van der Waals surface area contributed by atoms with Gasteiger partial charge in [0, 0.05) is 56.7 Å². The number of nitro groups is 1. The zero-order valence-corrected chi connectivity index (χ0v) is 20.6. The molecule has 2 aromatic carbocycles. The van der Waals surface area contributed by atoms with Gasteiger partial charge in [-0.2, -0.15) is 5.10 Å². The Kier molecular flexibility index (Phi) is 6.70. The van der Waals surface area contributed by atoms with Crippen LogP contribution in [0.3, 0.4) is 0 Å². The Morgan fingerprint density at radius 2 is 1.68 bits per heavy atom. The first-order valence-corrected chi connectivity index (χ1v) is 12.4. The standard InChI is InChI=1S/C26H28N6O5/c1-17-15-23(33)27-28-24(17)18-7-8-21(22(16-18)32(36)37)30-13-11-29(12-14-30)9-4-10-31-25(34)19-5-2-3-6-20(19)26(31)35/h2-3,5-8,16-17H,4,9-15H2,1H3,(H,27,33). The summed E-state index contributed by atoms with van der Waals surface area (Å²) in [4.78, 5) is 53.7. The van der Waals surface area contributed by atoms with Gasteiger partial charge < -0.3 is 4.90 Å². The molecule has 0 radical (unpaired) electrons. The van der Waals surface area contributed by atoms with Crippen molar-refractivity contribution in [1.29, 1.82) is 0 Å². The summed E-state index contributed by atoms with van der Waals surface area (Å²) in [6.45, 7) is 5.66. The Hall–Kier alpha value is -4.12. The zero-order chi connectivity index (χ0) is 26.1. The van der Waals surface area contributed by atoms with Crippen LogP contribution in [0, 0.1) is 16.0 Å². The Labute approximate surface area is 213 Å². The van der Waals surface area contributed by atoms with Crippen LogP contribution < -0.4 is 10.3 Å². The van der Waals surface area contributed by atoms with Crippen LogP contribution in [0.15, 0.2) is 47.6 Å². The second-order valence-electron chi connectivity index (χ2n) is 9.59. The molecule has 3 heterocycles. The Bertz CT molecular complexity index is 1270. The molecule has 0 aliphatic carbocycles. The number of imide groups is 1. The van der Waals surface area contributed by atoms with Gasteiger partial charge in [-0.25, -0.2) is 5.43 Å². The molecule has 3 aliphatic rings. The first-order valence-electron chi connectivity index (χ1n) is 12.4. The first-order chi connectivity index (χ1) is 17.8. The van der Waals surface area contributed by atoms with Gasteiger partial charge in [-0.15, -0.1) is 0 Å². The number of piperazine rings is 1. The molecule has 0 aromatic heterocycles. The number of fused-ring (bicyclic) bond motifs is 1. The van der Waals surface area contributed by atoms with Gasteiger partial charge in [0.2, 0.25) is 5.91 Å². The van der Waals surface area contributed by atoms with E-state index in [2.05, 4.69) is 15.4 Å². The minimum absolute atomic E-state index is 0.0170. The monoisotopic (exact) mass is 504 g/mol. The van der Waals surface area contributed by atoms with Crippen molar-refractivity contribution >= 4 is 34.8 Å². The fourth-order valence-corrected chi connectivity index (χ4v) is 5.21.